The molecule has 1 aliphatic rings. The Morgan fingerprint density at radius 1 is 1.32 bits per heavy atom. The molecule has 0 aliphatic carbocycles. The first-order valence-corrected chi connectivity index (χ1v) is 7.99. The summed E-state index contributed by atoms with van der Waals surface area (Å²) in [5.74, 6) is -0.988. The van der Waals surface area contributed by atoms with Crippen LogP contribution < -0.4 is 0 Å². The molecule has 1 heterocycles. The van der Waals surface area contributed by atoms with E-state index in [1.807, 2.05) is 26.8 Å². The molecule has 22 heavy (non-hydrogen) atoms. The molecular formula is C17H22ClNO3. The van der Waals surface area contributed by atoms with E-state index in [0.29, 0.717) is 29.5 Å². The Balaban J connectivity index is 2.20. The van der Waals surface area contributed by atoms with E-state index in [0.717, 1.165) is 5.56 Å². The van der Waals surface area contributed by atoms with E-state index in [1.54, 1.807) is 17.0 Å². The largest absolute Gasteiger partial charge is 0.481 e. The van der Waals surface area contributed by atoms with Gasteiger partial charge in [-0.25, -0.2) is 0 Å². The number of carboxylic acid groups (broad SMARTS) is 1. The number of benzene rings is 1. The molecule has 1 amide bonds. The lowest BCUT2D eigenvalue weighted by Crippen LogP contribution is -2.45. The molecule has 5 heteroatoms. The zero-order valence-electron chi connectivity index (χ0n) is 13.2. The third-order valence-electron chi connectivity index (χ3n) is 4.17. The molecule has 1 fully saturated rings. The highest BCUT2D eigenvalue weighted by atomic mass is 35.5. The summed E-state index contributed by atoms with van der Waals surface area (Å²) in [4.78, 5) is 25.5. The third kappa shape index (κ3) is 3.61. The molecule has 0 bridgehead atoms. The van der Waals surface area contributed by atoms with E-state index in [1.165, 1.54) is 0 Å². The molecule has 1 aromatic carbocycles. The Hall–Kier alpha value is -1.55. The van der Waals surface area contributed by atoms with Crippen LogP contribution in [-0.2, 0) is 4.79 Å². The lowest BCUT2D eigenvalue weighted by atomic mass is 9.90. The van der Waals surface area contributed by atoms with E-state index < -0.39 is 11.9 Å². The Labute approximate surface area is 136 Å². The molecule has 0 spiro atoms. The van der Waals surface area contributed by atoms with Gasteiger partial charge in [-0.1, -0.05) is 38.4 Å². The zero-order valence-corrected chi connectivity index (χ0v) is 13.9. The molecule has 2 unspecified atom stereocenters. The van der Waals surface area contributed by atoms with Gasteiger partial charge >= 0.3 is 5.97 Å². The Bertz CT molecular complexity index is 585. The number of amides is 1. The number of piperidine rings is 1. The standard InChI is InChI=1S/C17H22ClNO3/c1-10(2)14-5-4-12(7-15(14)18)16(20)19-8-11(3)6-13(9-19)17(21)22/h4-5,7,10-11,13H,6,8-9H2,1-3H3,(H,21,22). The van der Waals surface area contributed by atoms with Crippen LogP contribution in [0.2, 0.25) is 5.02 Å². The van der Waals surface area contributed by atoms with Crippen LogP contribution >= 0.6 is 11.6 Å². The maximum atomic E-state index is 12.6. The van der Waals surface area contributed by atoms with Crippen molar-refractivity contribution in [3.63, 3.8) is 0 Å². The lowest BCUT2D eigenvalue weighted by Gasteiger charge is -2.34. The first-order chi connectivity index (χ1) is 10.3. The number of hydrogen-bond donors (Lipinski definition) is 1. The maximum absolute atomic E-state index is 12.6. The minimum atomic E-state index is -0.836. The van der Waals surface area contributed by atoms with Crippen molar-refractivity contribution in [2.24, 2.45) is 11.8 Å². The highest BCUT2D eigenvalue weighted by Crippen LogP contribution is 2.27. The van der Waals surface area contributed by atoms with Crippen molar-refractivity contribution in [1.82, 2.24) is 4.90 Å². The highest BCUT2D eigenvalue weighted by molar-refractivity contribution is 6.31. The first kappa shape index (κ1) is 16.8. The topological polar surface area (TPSA) is 57.6 Å². The molecule has 1 aliphatic heterocycles. The fourth-order valence-electron chi connectivity index (χ4n) is 3.01. The normalized spacial score (nSPS) is 22.0. The molecule has 0 aromatic heterocycles. The predicted molar refractivity (Wildman–Crippen MR) is 86.4 cm³/mol. The van der Waals surface area contributed by atoms with Crippen molar-refractivity contribution in [1.29, 1.82) is 0 Å². The van der Waals surface area contributed by atoms with Gasteiger partial charge in [0.1, 0.15) is 0 Å². The van der Waals surface area contributed by atoms with Gasteiger partial charge < -0.3 is 10.0 Å². The second kappa shape index (κ2) is 6.69. The Morgan fingerprint density at radius 3 is 2.55 bits per heavy atom. The van der Waals surface area contributed by atoms with Crippen LogP contribution in [0.1, 0.15) is 49.0 Å². The van der Waals surface area contributed by atoms with E-state index in [2.05, 4.69) is 0 Å². The number of carbonyl (C=O) groups is 2. The quantitative estimate of drug-likeness (QED) is 0.923. The van der Waals surface area contributed by atoms with Crippen molar-refractivity contribution in [2.75, 3.05) is 13.1 Å². The van der Waals surface area contributed by atoms with Crippen LogP contribution in [0.25, 0.3) is 0 Å². The van der Waals surface area contributed by atoms with Crippen LogP contribution in [0, 0.1) is 11.8 Å². The number of rotatable bonds is 3. The minimum Gasteiger partial charge on any atom is -0.481 e. The number of nitrogens with zero attached hydrogens (tertiary/aromatic N) is 1. The van der Waals surface area contributed by atoms with E-state index in [4.69, 9.17) is 11.6 Å². The van der Waals surface area contributed by atoms with Gasteiger partial charge in [-0.2, -0.15) is 0 Å². The second-order valence-corrected chi connectivity index (χ2v) is 6.88. The van der Waals surface area contributed by atoms with Crippen LogP contribution in [0.5, 0.6) is 0 Å². The summed E-state index contributed by atoms with van der Waals surface area (Å²) in [6, 6.07) is 5.34. The molecule has 0 saturated carbocycles. The van der Waals surface area contributed by atoms with Gasteiger partial charge in [0.2, 0.25) is 0 Å². The summed E-state index contributed by atoms with van der Waals surface area (Å²) in [5, 5.41) is 9.79. The van der Waals surface area contributed by atoms with E-state index in [9.17, 15) is 14.7 Å². The number of carbonyl (C=O) groups excluding carboxylic acids is 1. The van der Waals surface area contributed by atoms with Crippen LogP contribution in [0.15, 0.2) is 18.2 Å². The zero-order chi connectivity index (χ0) is 16.4. The molecule has 2 atom stereocenters. The third-order valence-corrected chi connectivity index (χ3v) is 4.49. The summed E-state index contributed by atoms with van der Waals surface area (Å²) in [5.41, 5.74) is 1.53. The lowest BCUT2D eigenvalue weighted by molar-refractivity contribution is -0.143. The van der Waals surface area contributed by atoms with Gasteiger partial charge in [0.15, 0.2) is 0 Å². The van der Waals surface area contributed by atoms with Gasteiger partial charge in [-0.3, -0.25) is 9.59 Å². The second-order valence-electron chi connectivity index (χ2n) is 6.48. The first-order valence-electron chi connectivity index (χ1n) is 7.61. The number of halogens is 1. The Morgan fingerprint density at radius 2 is 2.00 bits per heavy atom. The highest BCUT2D eigenvalue weighted by Gasteiger charge is 2.32. The van der Waals surface area contributed by atoms with Gasteiger partial charge in [0.25, 0.3) is 5.91 Å². The monoisotopic (exact) mass is 323 g/mol. The molecule has 0 radical (unpaired) electrons. The summed E-state index contributed by atoms with van der Waals surface area (Å²) < 4.78 is 0. The smallest absolute Gasteiger partial charge is 0.308 e. The van der Waals surface area contributed by atoms with E-state index >= 15 is 0 Å². The fraction of sp³-hybridized carbons (Fsp3) is 0.529. The van der Waals surface area contributed by atoms with E-state index in [-0.39, 0.29) is 18.4 Å². The van der Waals surface area contributed by atoms with Crippen molar-refractivity contribution in [2.45, 2.75) is 33.1 Å². The molecule has 1 N–H and O–H groups in total. The summed E-state index contributed by atoms with van der Waals surface area (Å²) in [7, 11) is 0. The van der Waals surface area contributed by atoms with Gasteiger partial charge in [-0.15, -0.1) is 0 Å². The maximum Gasteiger partial charge on any atom is 0.308 e. The predicted octanol–water partition coefficient (Wildman–Crippen LogP) is 3.65. The van der Waals surface area contributed by atoms with Gasteiger partial charge in [-0.05, 0) is 36.0 Å². The van der Waals surface area contributed by atoms with Crippen LogP contribution in [-0.4, -0.2) is 35.0 Å². The fourth-order valence-corrected chi connectivity index (χ4v) is 3.41. The average Bonchev–Trinajstić information content (AvgIpc) is 2.45. The average molecular weight is 324 g/mol. The molecular weight excluding hydrogens is 302 g/mol. The van der Waals surface area contributed by atoms with Crippen molar-refractivity contribution >= 4 is 23.5 Å². The molecule has 4 nitrogen and oxygen atoms in total. The molecule has 1 saturated heterocycles. The van der Waals surface area contributed by atoms with Crippen molar-refractivity contribution in [3.05, 3.63) is 34.3 Å². The number of carboxylic acids is 1. The summed E-state index contributed by atoms with van der Waals surface area (Å²) >= 11 is 6.25. The molecule has 2 rings (SSSR count). The van der Waals surface area contributed by atoms with Crippen molar-refractivity contribution in [3.8, 4) is 0 Å². The Kier molecular flexibility index (Phi) is 5.12. The number of likely N-dealkylation sites (tertiary alicyclic amines) is 1. The van der Waals surface area contributed by atoms with Gasteiger partial charge in [0, 0.05) is 23.7 Å². The summed E-state index contributed by atoms with van der Waals surface area (Å²) in [6.45, 7) is 6.93. The minimum absolute atomic E-state index is 0.144. The molecule has 120 valence electrons. The van der Waals surface area contributed by atoms with Crippen LogP contribution in [0.3, 0.4) is 0 Å². The number of aliphatic carboxylic acids is 1. The van der Waals surface area contributed by atoms with Crippen LogP contribution in [0.4, 0.5) is 0 Å². The van der Waals surface area contributed by atoms with Crippen molar-refractivity contribution < 1.29 is 14.7 Å². The molecule has 1 aromatic rings. The summed E-state index contributed by atoms with van der Waals surface area (Å²) in [6.07, 6.45) is 0.617. The number of hydrogen-bond acceptors (Lipinski definition) is 2. The van der Waals surface area contributed by atoms with Gasteiger partial charge in [0.05, 0.1) is 5.92 Å². The SMILES string of the molecule is CC1CC(C(=O)O)CN(C(=O)c2ccc(C(C)C)c(Cl)c2)C1.